The molecule has 0 amide bonds. The predicted octanol–water partition coefficient (Wildman–Crippen LogP) is 3.84. The fraction of sp³-hybridized carbons (Fsp3) is 0.833. The van der Waals surface area contributed by atoms with Crippen molar-refractivity contribution >= 4 is 11.5 Å². The molecule has 0 aromatic rings. The summed E-state index contributed by atoms with van der Waals surface area (Å²) in [7, 11) is 0. The highest BCUT2D eigenvalue weighted by Crippen LogP contribution is 2.67. The molecule has 3 saturated carbocycles. The maximum Gasteiger partial charge on any atom is 0.163 e. The highest BCUT2D eigenvalue weighted by molar-refractivity contribution is 5.95. The van der Waals surface area contributed by atoms with E-state index in [1.807, 2.05) is 20.8 Å². The molecule has 0 spiro atoms. The average Bonchev–Trinajstić information content (AvgIpc) is 3.11. The number of allylic oxidation sites excluding steroid dienone is 1. The van der Waals surface area contributed by atoms with Crippen molar-refractivity contribution in [2.45, 2.75) is 96.7 Å². The third-order valence-corrected chi connectivity index (χ3v) is 9.60. The van der Waals surface area contributed by atoms with E-state index in [1.54, 1.807) is 6.08 Å². The summed E-state index contributed by atoms with van der Waals surface area (Å²) < 4.78 is 12.3. The Morgan fingerprint density at radius 1 is 1.10 bits per heavy atom. The lowest BCUT2D eigenvalue weighted by Gasteiger charge is -2.59. The number of oxime groups is 1. The van der Waals surface area contributed by atoms with Crippen LogP contribution in [0.3, 0.4) is 0 Å². The van der Waals surface area contributed by atoms with E-state index in [1.165, 1.54) is 0 Å². The van der Waals surface area contributed by atoms with Crippen molar-refractivity contribution in [3.8, 4) is 0 Å². The molecule has 4 aliphatic carbocycles. The largest absolute Gasteiger partial charge is 0.411 e. The number of ether oxygens (including phenoxy) is 2. The molecule has 5 aliphatic rings. The lowest BCUT2D eigenvalue weighted by atomic mass is 9.46. The van der Waals surface area contributed by atoms with E-state index < -0.39 is 16.8 Å². The third kappa shape index (κ3) is 2.47. The summed E-state index contributed by atoms with van der Waals surface area (Å²) >= 11 is 0. The van der Waals surface area contributed by atoms with Crippen LogP contribution in [0.25, 0.3) is 0 Å². The summed E-state index contributed by atoms with van der Waals surface area (Å²) in [5.41, 5.74) is -0.0788. The number of hydrogen-bond donors (Lipinski definition) is 2. The normalized spacial score (nSPS) is 52.2. The van der Waals surface area contributed by atoms with E-state index in [0.717, 1.165) is 31.3 Å². The zero-order valence-corrected chi connectivity index (χ0v) is 18.8. The molecule has 6 nitrogen and oxygen atoms in total. The Morgan fingerprint density at radius 2 is 1.80 bits per heavy atom. The maximum atomic E-state index is 13.4. The van der Waals surface area contributed by atoms with Crippen LogP contribution in [0.4, 0.5) is 0 Å². The first-order chi connectivity index (χ1) is 14.0. The van der Waals surface area contributed by atoms with Crippen LogP contribution in [-0.4, -0.2) is 45.4 Å². The minimum atomic E-state index is -1.03. The number of carbonyl (C=O) groups excluding carboxylic acids is 1. The fourth-order valence-electron chi connectivity index (χ4n) is 8.07. The standard InChI is InChI=1S/C24H35NO5/c1-13(25-28)14-7-9-24(27)16-10-18(26)17-11-19-20(30-21(2,3)29-19)12-22(17,4)15(16)6-8-23(14,24)5/h10,14-15,17,19-20,27-28H,6-9,11-12H2,1-5H3/b25-13+/t14-,15+,17+,19-,20+,22-,23-,24-/m1/s1. The van der Waals surface area contributed by atoms with Gasteiger partial charge in [-0.05, 0) is 82.3 Å². The van der Waals surface area contributed by atoms with Crippen LogP contribution in [0.1, 0.15) is 73.1 Å². The molecule has 0 radical (unpaired) electrons. The summed E-state index contributed by atoms with van der Waals surface area (Å²) in [6, 6.07) is 0. The Kier molecular flexibility index (Phi) is 4.25. The molecule has 5 rings (SSSR count). The molecule has 166 valence electrons. The molecule has 4 fully saturated rings. The van der Waals surface area contributed by atoms with Crippen molar-refractivity contribution in [2.75, 3.05) is 0 Å². The van der Waals surface area contributed by atoms with Crippen LogP contribution in [-0.2, 0) is 14.3 Å². The van der Waals surface area contributed by atoms with Crippen LogP contribution in [0.2, 0.25) is 0 Å². The number of aliphatic hydroxyl groups is 1. The van der Waals surface area contributed by atoms with Gasteiger partial charge >= 0.3 is 0 Å². The highest BCUT2D eigenvalue weighted by Gasteiger charge is 2.67. The van der Waals surface area contributed by atoms with Gasteiger partial charge in [0.15, 0.2) is 11.6 Å². The average molecular weight is 418 g/mol. The number of nitrogens with zero attached hydrogens (tertiary/aromatic N) is 1. The molecule has 0 aromatic carbocycles. The van der Waals surface area contributed by atoms with Crippen molar-refractivity contribution in [2.24, 2.45) is 33.7 Å². The van der Waals surface area contributed by atoms with E-state index in [4.69, 9.17) is 9.47 Å². The summed E-state index contributed by atoms with van der Waals surface area (Å²) in [4.78, 5) is 13.4. The van der Waals surface area contributed by atoms with Gasteiger partial charge in [0.05, 0.1) is 23.5 Å². The van der Waals surface area contributed by atoms with Crippen molar-refractivity contribution in [3.63, 3.8) is 0 Å². The molecule has 2 N–H and O–H groups in total. The van der Waals surface area contributed by atoms with E-state index in [9.17, 15) is 15.1 Å². The summed E-state index contributed by atoms with van der Waals surface area (Å²) in [5.74, 6) is -0.378. The molecular weight excluding hydrogens is 382 g/mol. The van der Waals surface area contributed by atoms with Gasteiger partial charge in [0, 0.05) is 17.3 Å². The molecule has 0 bridgehead atoms. The first kappa shape index (κ1) is 20.7. The van der Waals surface area contributed by atoms with Gasteiger partial charge in [0.2, 0.25) is 0 Å². The number of rotatable bonds is 1. The van der Waals surface area contributed by atoms with Crippen molar-refractivity contribution < 1.29 is 24.6 Å². The second-order valence-corrected chi connectivity index (χ2v) is 11.4. The van der Waals surface area contributed by atoms with Gasteiger partial charge in [-0.1, -0.05) is 19.0 Å². The number of carbonyl (C=O) groups is 1. The number of ketones is 1. The Hall–Kier alpha value is -1.24. The highest BCUT2D eigenvalue weighted by atomic mass is 16.7. The maximum absolute atomic E-state index is 13.4. The number of fused-ring (bicyclic) bond motifs is 6. The Labute approximate surface area is 178 Å². The minimum absolute atomic E-state index is 0.00329. The van der Waals surface area contributed by atoms with Crippen LogP contribution >= 0.6 is 0 Å². The summed E-state index contributed by atoms with van der Waals surface area (Å²) in [6.45, 7) is 10.1. The van der Waals surface area contributed by atoms with Crippen LogP contribution in [0.5, 0.6) is 0 Å². The molecule has 6 heteroatoms. The van der Waals surface area contributed by atoms with Crippen LogP contribution < -0.4 is 0 Å². The van der Waals surface area contributed by atoms with Crippen molar-refractivity contribution in [3.05, 3.63) is 11.6 Å². The quantitative estimate of drug-likeness (QED) is 0.384. The Bertz CT molecular complexity index is 849. The smallest absolute Gasteiger partial charge is 0.163 e. The molecule has 30 heavy (non-hydrogen) atoms. The van der Waals surface area contributed by atoms with Crippen LogP contribution in [0.15, 0.2) is 16.8 Å². The second-order valence-electron chi connectivity index (χ2n) is 11.4. The molecule has 0 aromatic heterocycles. The van der Waals surface area contributed by atoms with E-state index in [-0.39, 0.29) is 41.2 Å². The summed E-state index contributed by atoms with van der Waals surface area (Å²) in [5, 5.41) is 24.9. The molecule has 0 unspecified atom stereocenters. The topological polar surface area (TPSA) is 88.4 Å². The monoisotopic (exact) mass is 417 g/mol. The molecule has 1 saturated heterocycles. The Morgan fingerprint density at radius 3 is 2.50 bits per heavy atom. The zero-order chi connectivity index (χ0) is 21.7. The third-order valence-electron chi connectivity index (χ3n) is 9.60. The van der Waals surface area contributed by atoms with Crippen molar-refractivity contribution in [1.29, 1.82) is 0 Å². The van der Waals surface area contributed by atoms with Gasteiger partial charge < -0.3 is 19.8 Å². The fourth-order valence-corrected chi connectivity index (χ4v) is 8.07. The predicted molar refractivity (Wildman–Crippen MR) is 111 cm³/mol. The van der Waals surface area contributed by atoms with Gasteiger partial charge in [-0.3, -0.25) is 4.79 Å². The van der Waals surface area contributed by atoms with E-state index in [0.29, 0.717) is 18.6 Å². The van der Waals surface area contributed by atoms with Gasteiger partial charge in [-0.25, -0.2) is 0 Å². The lowest BCUT2D eigenvalue weighted by molar-refractivity contribution is -0.146. The SMILES string of the molecule is C/C(=N\O)[C@H]1CC[C@@]2(O)C3=CC(=O)[C@@H]4C[C@H]5OC(C)(C)O[C@H]5C[C@]4(C)[C@H]3CC[C@]12C. The number of hydrogen-bond acceptors (Lipinski definition) is 6. The van der Waals surface area contributed by atoms with Crippen LogP contribution in [0, 0.1) is 28.6 Å². The van der Waals surface area contributed by atoms with Gasteiger partial charge in [-0.2, -0.15) is 0 Å². The molecule has 1 heterocycles. The first-order valence-corrected chi connectivity index (χ1v) is 11.5. The zero-order valence-electron chi connectivity index (χ0n) is 18.8. The van der Waals surface area contributed by atoms with Gasteiger partial charge in [0.1, 0.15) is 0 Å². The lowest BCUT2D eigenvalue weighted by Crippen LogP contribution is -2.60. The summed E-state index contributed by atoms with van der Waals surface area (Å²) in [6.07, 6.45) is 6.39. The van der Waals surface area contributed by atoms with Gasteiger partial charge in [-0.15, -0.1) is 0 Å². The van der Waals surface area contributed by atoms with E-state index in [2.05, 4.69) is 19.0 Å². The Balaban J connectivity index is 1.54. The molecule has 8 atom stereocenters. The minimum Gasteiger partial charge on any atom is -0.411 e. The first-order valence-electron chi connectivity index (χ1n) is 11.5. The van der Waals surface area contributed by atoms with E-state index >= 15 is 0 Å². The molecular formula is C24H35NO5. The molecule has 1 aliphatic heterocycles. The van der Waals surface area contributed by atoms with Crippen molar-refractivity contribution in [1.82, 2.24) is 0 Å². The second kappa shape index (κ2) is 6.17. The van der Waals surface area contributed by atoms with Gasteiger partial charge in [0.25, 0.3) is 0 Å².